The Morgan fingerprint density at radius 2 is 0.649 bits per heavy atom. The van der Waals surface area contributed by atoms with Crippen LogP contribution in [0.4, 0.5) is 0 Å². The summed E-state index contributed by atoms with van der Waals surface area (Å²) in [4.78, 5) is 0. The van der Waals surface area contributed by atoms with Crippen molar-refractivity contribution in [2.75, 3.05) is 0 Å². The van der Waals surface area contributed by atoms with Crippen molar-refractivity contribution in [2.45, 2.75) is 10.8 Å². The molecule has 4 aliphatic rings. The topological polar surface area (TPSA) is 9.23 Å². The Morgan fingerprint density at radius 1 is 0.246 bits per heavy atom. The maximum absolute atomic E-state index is 6.76. The molecule has 0 bridgehead atoms. The van der Waals surface area contributed by atoms with Gasteiger partial charge in [0.05, 0.1) is 10.8 Å². The van der Waals surface area contributed by atoms with Gasteiger partial charge in [-0.25, -0.2) is 0 Å². The first-order chi connectivity index (χ1) is 28.3. The quantitative estimate of drug-likeness (QED) is 0.173. The maximum Gasteiger partial charge on any atom is 0.132 e. The van der Waals surface area contributed by atoms with E-state index in [-0.39, 0.29) is 5.41 Å². The zero-order valence-electron chi connectivity index (χ0n) is 31.0. The van der Waals surface area contributed by atoms with Crippen molar-refractivity contribution in [3.63, 3.8) is 0 Å². The third-order valence-electron chi connectivity index (χ3n) is 13.4. The van der Waals surface area contributed by atoms with Crippen LogP contribution in [0.3, 0.4) is 0 Å². The third kappa shape index (κ3) is 3.79. The molecule has 0 fully saturated rings. The van der Waals surface area contributed by atoms with Gasteiger partial charge < -0.3 is 4.74 Å². The van der Waals surface area contributed by atoms with Crippen molar-refractivity contribution in [3.8, 4) is 67.1 Å². The fourth-order valence-corrected chi connectivity index (χ4v) is 11.3. The van der Waals surface area contributed by atoms with Crippen molar-refractivity contribution >= 4 is 0 Å². The second-order valence-corrected chi connectivity index (χ2v) is 15.8. The van der Waals surface area contributed by atoms with Crippen molar-refractivity contribution < 1.29 is 4.74 Å². The van der Waals surface area contributed by atoms with Crippen LogP contribution in [0.5, 0.6) is 11.5 Å². The highest BCUT2D eigenvalue weighted by Gasteiger charge is 2.53. The Morgan fingerprint density at radius 3 is 1.26 bits per heavy atom. The minimum atomic E-state index is -0.503. The van der Waals surface area contributed by atoms with E-state index in [1.54, 1.807) is 0 Å². The molecule has 0 atom stereocenters. The van der Waals surface area contributed by atoms with Crippen LogP contribution in [0.15, 0.2) is 206 Å². The summed E-state index contributed by atoms with van der Waals surface area (Å²) in [7, 11) is 0. The average molecular weight is 723 g/mol. The summed E-state index contributed by atoms with van der Waals surface area (Å²) in [6, 6.07) is 76.6. The molecule has 2 spiro atoms. The molecule has 0 saturated carbocycles. The lowest BCUT2D eigenvalue weighted by Gasteiger charge is -2.39. The van der Waals surface area contributed by atoms with Gasteiger partial charge in [-0.05, 0) is 113 Å². The summed E-state index contributed by atoms with van der Waals surface area (Å²) >= 11 is 0. The molecule has 1 heterocycles. The van der Waals surface area contributed by atoms with Crippen LogP contribution in [0.1, 0.15) is 44.5 Å². The lowest BCUT2D eigenvalue weighted by Crippen LogP contribution is -2.32. The van der Waals surface area contributed by atoms with Crippen LogP contribution in [0.2, 0.25) is 0 Å². The van der Waals surface area contributed by atoms with E-state index in [0.717, 1.165) is 11.5 Å². The number of benzene rings is 9. The number of para-hydroxylation sites is 1. The number of fused-ring (bicyclic) bond motifs is 19. The summed E-state index contributed by atoms with van der Waals surface area (Å²) in [5.74, 6) is 1.81. The molecule has 13 rings (SSSR count). The molecule has 3 aliphatic carbocycles. The molecule has 0 aromatic heterocycles. The standard InChI is InChI=1S/C56H34O/c1-6-23-44-39(17-1)40-18-2-7-24-45(40)55(44)48-27-10-5-21-43(48)54-38(22-14-29-50(54)55)37-16-13-15-35(33-37)36-31-32-53-51(34-36)56(49-28-11-12-30-52(49)57-53)46-25-8-3-19-41(46)42-20-4-9-26-47(42)56/h1-34H. The summed E-state index contributed by atoms with van der Waals surface area (Å²) in [5, 5.41) is 0. The van der Waals surface area contributed by atoms with Crippen LogP contribution in [0, 0.1) is 0 Å². The highest BCUT2D eigenvalue weighted by atomic mass is 16.5. The van der Waals surface area contributed by atoms with E-state index in [2.05, 4.69) is 206 Å². The number of hydrogen-bond acceptors (Lipinski definition) is 1. The largest absolute Gasteiger partial charge is 0.457 e. The Bertz CT molecular complexity index is 3090. The second kappa shape index (κ2) is 11.2. The average Bonchev–Trinajstić information content (AvgIpc) is 3.87. The van der Waals surface area contributed by atoms with Gasteiger partial charge in [0.25, 0.3) is 0 Å². The molecule has 264 valence electrons. The van der Waals surface area contributed by atoms with Crippen molar-refractivity contribution in [1.82, 2.24) is 0 Å². The van der Waals surface area contributed by atoms with Crippen LogP contribution in [-0.4, -0.2) is 0 Å². The van der Waals surface area contributed by atoms with Gasteiger partial charge in [0.2, 0.25) is 0 Å². The van der Waals surface area contributed by atoms with E-state index in [1.807, 2.05) is 0 Å². The molecule has 9 aromatic rings. The number of rotatable bonds is 2. The van der Waals surface area contributed by atoms with Crippen LogP contribution < -0.4 is 4.74 Å². The normalized spacial score (nSPS) is 14.7. The van der Waals surface area contributed by atoms with E-state index in [9.17, 15) is 0 Å². The summed E-state index contributed by atoms with van der Waals surface area (Å²) in [6.45, 7) is 0. The zero-order chi connectivity index (χ0) is 37.3. The molecule has 1 aliphatic heterocycles. The summed E-state index contributed by atoms with van der Waals surface area (Å²) < 4.78 is 6.76. The van der Waals surface area contributed by atoms with Crippen molar-refractivity contribution in [3.05, 3.63) is 251 Å². The predicted molar refractivity (Wildman–Crippen MR) is 231 cm³/mol. The predicted octanol–water partition coefficient (Wildman–Crippen LogP) is 13.8. The SMILES string of the molecule is c1cc(-c2ccc3c(c2)C2(c4ccccc4O3)c3ccccc3-c3ccccc32)cc(-c2cccc3c2-c2ccccc2C32c3ccccc3-c3ccccc32)c1. The third-order valence-corrected chi connectivity index (χ3v) is 13.4. The van der Waals surface area contributed by atoms with Gasteiger partial charge in [-0.2, -0.15) is 0 Å². The lowest BCUT2D eigenvalue weighted by atomic mass is 9.66. The second-order valence-electron chi connectivity index (χ2n) is 15.8. The Kier molecular flexibility index (Phi) is 6.09. The summed E-state index contributed by atoms with van der Waals surface area (Å²) in [5.41, 5.74) is 22.2. The van der Waals surface area contributed by atoms with Crippen molar-refractivity contribution in [1.29, 1.82) is 0 Å². The monoisotopic (exact) mass is 722 g/mol. The molecule has 9 aromatic carbocycles. The Balaban J connectivity index is 1.02. The van der Waals surface area contributed by atoms with E-state index >= 15 is 0 Å². The first-order valence-electron chi connectivity index (χ1n) is 19.9. The van der Waals surface area contributed by atoms with E-state index in [4.69, 9.17) is 4.74 Å². The molecule has 0 amide bonds. The number of hydrogen-bond donors (Lipinski definition) is 0. The highest BCUT2D eigenvalue weighted by Crippen LogP contribution is 2.65. The van der Waals surface area contributed by atoms with Gasteiger partial charge in [0.15, 0.2) is 0 Å². The Hall–Kier alpha value is -7.22. The smallest absolute Gasteiger partial charge is 0.132 e. The molecular weight excluding hydrogens is 689 g/mol. The first-order valence-corrected chi connectivity index (χ1v) is 19.9. The van der Waals surface area contributed by atoms with Gasteiger partial charge in [-0.1, -0.05) is 182 Å². The van der Waals surface area contributed by atoms with E-state index < -0.39 is 5.41 Å². The van der Waals surface area contributed by atoms with Gasteiger partial charge in [-0.3, -0.25) is 0 Å². The highest BCUT2D eigenvalue weighted by molar-refractivity contribution is 6.00. The minimum Gasteiger partial charge on any atom is -0.457 e. The maximum atomic E-state index is 6.76. The lowest BCUT2D eigenvalue weighted by molar-refractivity contribution is 0.436. The molecule has 0 unspecified atom stereocenters. The molecule has 1 nitrogen and oxygen atoms in total. The fraction of sp³-hybridized carbons (Fsp3) is 0.0357. The van der Waals surface area contributed by atoms with Gasteiger partial charge in [-0.15, -0.1) is 0 Å². The minimum absolute atomic E-state index is 0.371. The van der Waals surface area contributed by atoms with Gasteiger partial charge in [0.1, 0.15) is 11.5 Å². The molecule has 1 heteroatoms. The molecular formula is C56H34O. The van der Waals surface area contributed by atoms with Crippen LogP contribution in [0.25, 0.3) is 55.6 Å². The molecule has 0 saturated heterocycles. The van der Waals surface area contributed by atoms with Crippen molar-refractivity contribution in [2.24, 2.45) is 0 Å². The molecule has 0 radical (unpaired) electrons. The molecule has 0 N–H and O–H groups in total. The van der Waals surface area contributed by atoms with Gasteiger partial charge in [0, 0.05) is 11.1 Å². The van der Waals surface area contributed by atoms with E-state index in [1.165, 1.54) is 100 Å². The first kappa shape index (κ1) is 31.0. The Labute approximate surface area is 332 Å². The fourth-order valence-electron chi connectivity index (χ4n) is 11.3. The van der Waals surface area contributed by atoms with Crippen LogP contribution >= 0.6 is 0 Å². The number of ether oxygens (including phenoxy) is 1. The summed E-state index contributed by atoms with van der Waals surface area (Å²) in [6.07, 6.45) is 0. The van der Waals surface area contributed by atoms with Crippen LogP contribution in [-0.2, 0) is 10.8 Å². The van der Waals surface area contributed by atoms with Gasteiger partial charge >= 0.3 is 0 Å². The zero-order valence-corrected chi connectivity index (χ0v) is 31.0. The van der Waals surface area contributed by atoms with E-state index in [0.29, 0.717) is 0 Å². The molecule has 57 heavy (non-hydrogen) atoms.